The Morgan fingerprint density at radius 1 is 1.09 bits per heavy atom. The lowest BCUT2D eigenvalue weighted by molar-refractivity contribution is 0.375. The SMILES string of the molecule is C/C=C/N(CCC)CCC.N. The minimum Gasteiger partial charge on any atom is -0.378 e. The molecule has 0 saturated heterocycles. The van der Waals surface area contributed by atoms with Crippen molar-refractivity contribution in [1.29, 1.82) is 0 Å². The monoisotopic (exact) mass is 158 g/mol. The Labute approximate surface area is 70.9 Å². The van der Waals surface area contributed by atoms with Gasteiger partial charge in [-0.3, -0.25) is 0 Å². The number of hydrogen-bond acceptors (Lipinski definition) is 2. The topological polar surface area (TPSA) is 38.2 Å². The molecule has 0 aromatic carbocycles. The van der Waals surface area contributed by atoms with E-state index in [9.17, 15) is 0 Å². The van der Waals surface area contributed by atoms with Crippen molar-refractivity contribution in [1.82, 2.24) is 11.1 Å². The summed E-state index contributed by atoms with van der Waals surface area (Å²) >= 11 is 0. The van der Waals surface area contributed by atoms with Gasteiger partial charge in [0.1, 0.15) is 0 Å². The highest BCUT2D eigenvalue weighted by molar-refractivity contribution is 4.77. The Balaban J connectivity index is 0. The van der Waals surface area contributed by atoms with Crippen molar-refractivity contribution in [3.05, 3.63) is 12.3 Å². The van der Waals surface area contributed by atoms with Gasteiger partial charge in [-0.15, -0.1) is 0 Å². The number of allylic oxidation sites excluding steroid dienone is 1. The summed E-state index contributed by atoms with van der Waals surface area (Å²) in [6, 6.07) is 0. The van der Waals surface area contributed by atoms with E-state index < -0.39 is 0 Å². The summed E-state index contributed by atoms with van der Waals surface area (Å²) in [5.41, 5.74) is 0. The summed E-state index contributed by atoms with van der Waals surface area (Å²) in [5, 5.41) is 0. The molecule has 11 heavy (non-hydrogen) atoms. The fourth-order valence-corrected chi connectivity index (χ4v) is 1.05. The largest absolute Gasteiger partial charge is 0.378 e. The van der Waals surface area contributed by atoms with Crippen LogP contribution in [0.15, 0.2) is 12.3 Å². The zero-order chi connectivity index (χ0) is 7.82. The van der Waals surface area contributed by atoms with Gasteiger partial charge in [-0.05, 0) is 26.0 Å². The Hall–Kier alpha value is -0.500. The molecule has 0 aromatic rings. The Morgan fingerprint density at radius 3 is 1.82 bits per heavy atom. The first-order valence-corrected chi connectivity index (χ1v) is 4.22. The van der Waals surface area contributed by atoms with Crippen LogP contribution >= 0.6 is 0 Å². The highest BCUT2D eigenvalue weighted by Crippen LogP contribution is 1.94. The first kappa shape index (κ1) is 13.1. The second-order valence-corrected chi connectivity index (χ2v) is 2.52. The predicted octanol–water partition coefficient (Wildman–Crippen LogP) is 2.80. The Bertz CT molecular complexity index is 83.6. The molecule has 0 spiro atoms. The third-order valence-corrected chi connectivity index (χ3v) is 1.38. The van der Waals surface area contributed by atoms with E-state index in [0.717, 1.165) is 0 Å². The van der Waals surface area contributed by atoms with Gasteiger partial charge in [0.15, 0.2) is 0 Å². The maximum atomic E-state index is 2.36. The van der Waals surface area contributed by atoms with Gasteiger partial charge in [0.05, 0.1) is 0 Å². The molecule has 0 aliphatic heterocycles. The van der Waals surface area contributed by atoms with Gasteiger partial charge in [-0.25, -0.2) is 0 Å². The van der Waals surface area contributed by atoms with Crippen LogP contribution in [0.25, 0.3) is 0 Å². The van der Waals surface area contributed by atoms with Gasteiger partial charge in [-0.1, -0.05) is 19.9 Å². The lowest BCUT2D eigenvalue weighted by Crippen LogP contribution is -2.18. The number of hydrogen-bond donors (Lipinski definition) is 1. The molecule has 68 valence electrons. The molecule has 0 aliphatic rings. The average Bonchev–Trinajstić information content (AvgIpc) is 1.90. The minimum absolute atomic E-state index is 0. The van der Waals surface area contributed by atoms with E-state index in [1.165, 1.54) is 25.9 Å². The fraction of sp³-hybridized carbons (Fsp3) is 0.778. The van der Waals surface area contributed by atoms with E-state index in [4.69, 9.17) is 0 Å². The van der Waals surface area contributed by atoms with Crippen molar-refractivity contribution in [3.8, 4) is 0 Å². The third-order valence-electron chi connectivity index (χ3n) is 1.38. The molecule has 0 amide bonds. The summed E-state index contributed by atoms with van der Waals surface area (Å²) in [5.74, 6) is 0. The maximum Gasteiger partial charge on any atom is 0.0169 e. The van der Waals surface area contributed by atoms with Gasteiger partial charge in [0.2, 0.25) is 0 Å². The van der Waals surface area contributed by atoms with Crippen LogP contribution in [0.4, 0.5) is 0 Å². The summed E-state index contributed by atoms with van der Waals surface area (Å²) in [4.78, 5) is 2.36. The molecule has 0 bridgehead atoms. The average molecular weight is 158 g/mol. The number of nitrogens with zero attached hydrogens (tertiary/aromatic N) is 1. The molecule has 0 saturated carbocycles. The van der Waals surface area contributed by atoms with Crippen LogP contribution in [0.5, 0.6) is 0 Å². The maximum absolute atomic E-state index is 2.36. The van der Waals surface area contributed by atoms with E-state index >= 15 is 0 Å². The van der Waals surface area contributed by atoms with Crippen molar-refractivity contribution in [2.24, 2.45) is 0 Å². The first-order chi connectivity index (χ1) is 4.85. The van der Waals surface area contributed by atoms with E-state index in [0.29, 0.717) is 0 Å². The van der Waals surface area contributed by atoms with Crippen LogP contribution in [0.3, 0.4) is 0 Å². The molecule has 0 atom stereocenters. The lowest BCUT2D eigenvalue weighted by Gasteiger charge is -2.17. The second-order valence-electron chi connectivity index (χ2n) is 2.52. The summed E-state index contributed by atoms with van der Waals surface area (Å²) < 4.78 is 0. The molecular formula is C9H22N2. The molecule has 0 heterocycles. The molecular weight excluding hydrogens is 136 g/mol. The molecule has 0 aliphatic carbocycles. The summed E-state index contributed by atoms with van der Waals surface area (Å²) in [6.07, 6.45) is 6.76. The molecule has 0 unspecified atom stereocenters. The van der Waals surface area contributed by atoms with Gasteiger partial charge in [0.25, 0.3) is 0 Å². The first-order valence-electron chi connectivity index (χ1n) is 4.22. The Kier molecular flexibility index (Phi) is 11.3. The fourth-order valence-electron chi connectivity index (χ4n) is 1.05. The van der Waals surface area contributed by atoms with Gasteiger partial charge in [0, 0.05) is 13.1 Å². The summed E-state index contributed by atoms with van der Waals surface area (Å²) in [6.45, 7) is 8.88. The zero-order valence-corrected chi connectivity index (χ0v) is 8.14. The van der Waals surface area contributed by atoms with E-state index in [1.807, 2.05) is 0 Å². The molecule has 2 nitrogen and oxygen atoms in total. The van der Waals surface area contributed by atoms with Crippen molar-refractivity contribution in [3.63, 3.8) is 0 Å². The molecule has 0 aromatic heterocycles. The van der Waals surface area contributed by atoms with Crippen LogP contribution in [0, 0.1) is 0 Å². The molecule has 0 fully saturated rings. The van der Waals surface area contributed by atoms with Crippen LogP contribution < -0.4 is 6.15 Å². The van der Waals surface area contributed by atoms with E-state index in [1.54, 1.807) is 0 Å². The van der Waals surface area contributed by atoms with Gasteiger partial charge >= 0.3 is 0 Å². The molecule has 0 rings (SSSR count). The molecule has 3 N–H and O–H groups in total. The predicted molar refractivity (Wildman–Crippen MR) is 52.0 cm³/mol. The van der Waals surface area contributed by atoms with Crippen LogP contribution in [0.2, 0.25) is 0 Å². The quantitative estimate of drug-likeness (QED) is 0.668. The van der Waals surface area contributed by atoms with Crippen LogP contribution in [-0.4, -0.2) is 18.0 Å². The summed E-state index contributed by atoms with van der Waals surface area (Å²) in [7, 11) is 0. The zero-order valence-electron chi connectivity index (χ0n) is 8.14. The number of rotatable bonds is 5. The lowest BCUT2D eigenvalue weighted by atomic mass is 10.4. The smallest absolute Gasteiger partial charge is 0.0169 e. The van der Waals surface area contributed by atoms with Gasteiger partial charge in [-0.2, -0.15) is 0 Å². The highest BCUT2D eigenvalue weighted by atomic mass is 15.1. The van der Waals surface area contributed by atoms with Crippen molar-refractivity contribution in [2.75, 3.05) is 13.1 Å². The van der Waals surface area contributed by atoms with E-state index in [-0.39, 0.29) is 6.15 Å². The molecule has 2 heteroatoms. The normalized spacial score (nSPS) is 9.73. The second kappa shape index (κ2) is 9.50. The highest BCUT2D eigenvalue weighted by Gasteiger charge is 1.92. The standard InChI is InChI=1S/C9H19N.H3N/c1-4-7-10(8-5-2)9-6-3;/h4,7H,5-6,8-9H2,1-3H3;1H3/b7-4+;. The minimum atomic E-state index is 0. The third kappa shape index (κ3) is 7.40. The Morgan fingerprint density at radius 2 is 1.55 bits per heavy atom. The van der Waals surface area contributed by atoms with E-state index in [2.05, 4.69) is 37.9 Å². The molecule has 0 radical (unpaired) electrons. The van der Waals surface area contributed by atoms with Crippen LogP contribution in [-0.2, 0) is 0 Å². The van der Waals surface area contributed by atoms with Gasteiger partial charge < -0.3 is 11.1 Å². The van der Waals surface area contributed by atoms with Crippen LogP contribution in [0.1, 0.15) is 33.6 Å². The van der Waals surface area contributed by atoms with Crippen molar-refractivity contribution >= 4 is 0 Å². The van der Waals surface area contributed by atoms with Crippen molar-refractivity contribution in [2.45, 2.75) is 33.6 Å². The van der Waals surface area contributed by atoms with Crippen molar-refractivity contribution < 1.29 is 0 Å².